The second-order valence-electron chi connectivity index (χ2n) is 5.14. The van der Waals surface area contributed by atoms with Gasteiger partial charge in [-0.15, -0.1) is 0 Å². The Morgan fingerprint density at radius 2 is 2.15 bits per heavy atom. The van der Waals surface area contributed by atoms with Crippen molar-refractivity contribution in [1.29, 1.82) is 0 Å². The predicted octanol–water partition coefficient (Wildman–Crippen LogP) is 2.26. The number of carbonyl (C=O) groups excluding carboxylic acids is 1. The van der Waals surface area contributed by atoms with E-state index < -0.39 is 0 Å². The van der Waals surface area contributed by atoms with Gasteiger partial charge in [-0.2, -0.15) is 0 Å². The van der Waals surface area contributed by atoms with Gasteiger partial charge in [0.1, 0.15) is 5.75 Å². The Labute approximate surface area is 133 Å². The maximum Gasteiger partial charge on any atom is 0.222 e. The van der Waals surface area contributed by atoms with Gasteiger partial charge in [-0.25, -0.2) is 0 Å². The summed E-state index contributed by atoms with van der Waals surface area (Å²) in [7, 11) is 0. The van der Waals surface area contributed by atoms with Gasteiger partial charge >= 0.3 is 0 Å². The van der Waals surface area contributed by atoms with Crippen molar-refractivity contribution in [2.75, 3.05) is 26.2 Å². The van der Waals surface area contributed by atoms with Gasteiger partial charge in [0.15, 0.2) is 0 Å². The quantitative estimate of drug-likeness (QED) is 0.601. The molecular formula is C15H21IN2O2. The first-order chi connectivity index (χ1) is 9.69. The molecule has 2 N–H and O–H groups in total. The van der Waals surface area contributed by atoms with Crippen LogP contribution in [0.25, 0.3) is 0 Å². The zero-order chi connectivity index (χ0) is 14.4. The molecule has 0 bridgehead atoms. The first kappa shape index (κ1) is 15.6. The number of likely N-dealkylation sites (tertiary alicyclic amines) is 1. The zero-order valence-electron chi connectivity index (χ0n) is 11.6. The highest BCUT2D eigenvalue weighted by Gasteiger charge is 2.24. The van der Waals surface area contributed by atoms with Crippen molar-refractivity contribution in [3.05, 3.63) is 27.8 Å². The summed E-state index contributed by atoms with van der Waals surface area (Å²) in [6, 6.07) is 7.93. The Morgan fingerprint density at radius 1 is 1.40 bits per heavy atom. The van der Waals surface area contributed by atoms with Crippen LogP contribution in [-0.4, -0.2) is 37.0 Å². The molecule has 5 heteroatoms. The number of nitrogens with zero attached hydrogens (tertiary/aromatic N) is 1. The highest BCUT2D eigenvalue weighted by Crippen LogP contribution is 2.17. The first-order valence-corrected chi connectivity index (χ1v) is 8.13. The molecule has 1 aromatic carbocycles. The third kappa shape index (κ3) is 4.63. The molecule has 0 aromatic heterocycles. The maximum absolute atomic E-state index is 12.0. The van der Waals surface area contributed by atoms with E-state index in [0.29, 0.717) is 25.5 Å². The van der Waals surface area contributed by atoms with E-state index in [1.165, 1.54) is 3.57 Å². The summed E-state index contributed by atoms with van der Waals surface area (Å²) < 4.78 is 6.81. The van der Waals surface area contributed by atoms with Crippen LogP contribution in [-0.2, 0) is 4.79 Å². The molecule has 1 aromatic rings. The molecule has 0 aliphatic carbocycles. The van der Waals surface area contributed by atoms with Gasteiger partial charge in [0.25, 0.3) is 0 Å². The highest BCUT2D eigenvalue weighted by atomic mass is 127. The van der Waals surface area contributed by atoms with E-state index in [4.69, 9.17) is 10.5 Å². The number of hydrogen-bond acceptors (Lipinski definition) is 3. The largest absolute Gasteiger partial charge is 0.494 e. The molecular weight excluding hydrogens is 367 g/mol. The summed E-state index contributed by atoms with van der Waals surface area (Å²) in [5.41, 5.74) is 5.63. The molecule has 110 valence electrons. The van der Waals surface area contributed by atoms with E-state index in [0.717, 1.165) is 31.7 Å². The van der Waals surface area contributed by atoms with Gasteiger partial charge in [0.05, 0.1) is 6.61 Å². The topological polar surface area (TPSA) is 55.6 Å². The number of amides is 1. The number of hydrogen-bond donors (Lipinski definition) is 1. The summed E-state index contributed by atoms with van der Waals surface area (Å²) in [4.78, 5) is 13.9. The van der Waals surface area contributed by atoms with E-state index in [-0.39, 0.29) is 5.91 Å². The van der Waals surface area contributed by atoms with Crippen molar-refractivity contribution < 1.29 is 9.53 Å². The van der Waals surface area contributed by atoms with Gasteiger partial charge < -0.3 is 15.4 Å². The Balaban J connectivity index is 1.63. The Bertz CT molecular complexity index is 436. The summed E-state index contributed by atoms with van der Waals surface area (Å²) in [6.45, 7) is 2.95. The second-order valence-corrected chi connectivity index (χ2v) is 6.38. The maximum atomic E-state index is 12.0. The average Bonchev–Trinajstić information content (AvgIpc) is 2.94. The fourth-order valence-electron chi connectivity index (χ4n) is 2.35. The van der Waals surface area contributed by atoms with E-state index >= 15 is 0 Å². The monoisotopic (exact) mass is 388 g/mol. The van der Waals surface area contributed by atoms with Crippen LogP contribution in [0.15, 0.2) is 24.3 Å². The first-order valence-electron chi connectivity index (χ1n) is 7.05. The van der Waals surface area contributed by atoms with Crippen LogP contribution < -0.4 is 10.5 Å². The summed E-state index contributed by atoms with van der Waals surface area (Å²) >= 11 is 2.26. The minimum Gasteiger partial charge on any atom is -0.494 e. The smallest absolute Gasteiger partial charge is 0.222 e. The molecule has 1 saturated heterocycles. The molecule has 0 saturated carbocycles. The third-order valence-electron chi connectivity index (χ3n) is 3.59. The normalized spacial score (nSPS) is 18.3. The van der Waals surface area contributed by atoms with Gasteiger partial charge in [-0.1, -0.05) is 0 Å². The zero-order valence-corrected chi connectivity index (χ0v) is 13.7. The molecule has 1 amide bonds. The molecule has 4 nitrogen and oxygen atoms in total. The van der Waals surface area contributed by atoms with Gasteiger partial charge in [-0.05, 0) is 72.2 Å². The number of rotatable bonds is 6. The van der Waals surface area contributed by atoms with E-state index in [1.54, 1.807) is 0 Å². The Kier molecular flexibility index (Phi) is 6.09. The van der Waals surface area contributed by atoms with Crippen molar-refractivity contribution in [1.82, 2.24) is 4.90 Å². The summed E-state index contributed by atoms with van der Waals surface area (Å²) in [6.07, 6.45) is 2.36. The lowest BCUT2D eigenvalue weighted by atomic mass is 10.1. The molecule has 2 rings (SSSR count). The number of nitrogens with two attached hydrogens (primary N) is 1. The molecule has 0 radical (unpaired) electrons. The molecule has 1 unspecified atom stereocenters. The lowest BCUT2D eigenvalue weighted by Crippen LogP contribution is -2.29. The number of carbonyl (C=O) groups is 1. The summed E-state index contributed by atoms with van der Waals surface area (Å²) in [5.74, 6) is 1.58. The number of benzene rings is 1. The predicted molar refractivity (Wildman–Crippen MR) is 87.6 cm³/mol. The van der Waals surface area contributed by atoms with Crippen LogP contribution in [0.5, 0.6) is 5.75 Å². The Morgan fingerprint density at radius 3 is 2.80 bits per heavy atom. The molecule has 1 aliphatic rings. The van der Waals surface area contributed by atoms with Gasteiger partial charge in [0.2, 0.25) is 5.91 Å². The molecule has 1 fully saturated rings. The van der Waals surface area contributed by atoms with Crippen molar-refractivity contribution in [2.45, 2.75) is 19.3 Å². The Hall–Kier alpha value is -0.820. The molecule has 0 spiro atoms. The molecule has 1 aliphatic heterocycles. The molecule has 20 heavy (non-hydrogen) atoms. The standard InChI is InChI=1S/C15H21IN2O2/c16-13-3-5-14(6-4-13)20-9-1-2-15(19)18-8-7-12(10-17)11-18/h3-6,12H,1-2,7-11,17H2. The van der Waals surface area contributed by atoms with E-state index in [2.05, 4.69) is 22.6 Å². The number of halogens is 1. The van der Waals surface area contributed by atoms with E-state index in [1.807, 2.05) is 29.2 Å². The second kappa shape index (κ2) is 7.83. The average molecular weight is 388 g/mol. The third-order valence-corrected chi connectivity index (χ3v) is 4.31. The van der Waals surface area contributed by atoms with Crippen molar-refractivity contribution in [2.24, 2.45) is 11.7 Å². The lowest BCUT2D eigenvalue weighted by Gasteiger charge is -2.16. The van der Waals surface area contributed by atoms with Crippen LogP contribution in [0, 0.1) is 9.49 Å². The van der Waals surface area contributed by atoms with Crippen LogP contribution in [0.4, 0.5) is 0 Å². The number of ether oxygens (including phenoxy) is 1. The molecule has 1 atom stereocenters. The fraction of sp³-hybridized carbons (Fsp3) is 0.533. The van der Waals surface area contributed by atoms with Crippen LogP contribution in [0.3, 0.4) is 0 Å². The highest BCUT2D eigenvalue weighted by molar-refractivity contribution is 14.1. The van der Waals surface area contributed by atoms with Crippen molar-refractivity contribution >= 4 is 28.5 Å². The fourth-order valence-corrected chi connectivity index (χ4v) is 2.71. The van der Waals surface area contributed by atoms with Crippen molar-refractivity contribution in [3.63, 3.8) is 0 Å². The van der Waals surface area contributed by atoms with Crippen molar-refractivity contribution in [3.8, 4) is 5.75 Å². The van der Waals surface area contributed by atoms with E-state index in [9.17, 15) is 4.79 Å². The lowest BCUT2D eigenvalue weighted by molar-refractivity contribution is -0.130. The molecule has 1 heterocycles. The minimum atomic E-state index is 0.229. The van der Waals surface area contributed by atoms with Crippen LogP contribution in [0.2, 0.25) is 0 Å². The van der Waals surface area contributed by atoms with Crippen LogP contribution >= 0.6 is 22.6 Å². The van der Waals surface area contributed by atoms with Gasteiger partial charge in [-0.3, -0.25) is 4.79 Å². The van der Waals surface area contributed by atoms with Gasteiger partial charge in [0, 0.05) is 23.1 Å². The van der Waals surface area contributed by atoms with Crippen LogP contribution in [0.1, 0.15) is 19.3 Å². The SMILES string of the molecule is NCC1CCN(C(=O)CCCOc2ccc(I)cc2)C1. The summed E-state index contributed by atoms with van der Waals surface area (Å²) in [5, 5.41) is 0. The minimum absolute atomic E-state index is 0.229.